The molecule has 1 rings (SSSR count). The maximum atomic E-state index is 12.7. The van der Waals surface area contributed by atoms with Crippen molar-refractivity contribution < 1.29 is 24.6 Å². The Hall–Kier alpha value is -3.18. The molecule has 1 aromatic rings. The molecule has 0 saturated heterocycles. The van der Waals surface area contributed by atoms with E-state index in [0.717, 1.165) is 5.56 Å². The molecule has 0 bridgehead atoms. The van der Waals surface area contributed by atoms with Crippen LogP contribution in [0.2, 0.25) is 0 Å². The van der Waals surface area contributed by atoms with E-state index in [0.29, 0.717) is 13.0 Å². The zero-order valence-electron chi connectivity index (χ0n) is 16.8. The van der Waals surface area contributed by atoms with Crippen LogP contribution in [0, 0.1) is 5.41 Å². The van der Waals surface area contributed by atoms with Gasteiger partial charge in [0, 0.05) is 13.0 Å². The number of hydrogen-bond donors (Lipinski definition) is 8. The Morgan fingerprint density at radius 3 is 2.30 bits per heavy atom. The molecule has 11 heteroatoms. The highest BCUT2D eigenvalue weighted by atomic mass is 16.4. The monoisotopic (exact) mass is 422 g/mol. The van der Waals surface area contributed by atoms with Crippen LogP contribution in [0.3, 0.4) is 0 Å². The summed E-state index contributed by atoms with van der Waals surface area (Å²) >= 11 is 0. The van der Waals surface area contributed by atoms with Crippen molar-refractivity contribution in [1.82, 2.24) is 16.0 Å². The lowest BCUT2D eigenvalue weighted by Crippen LogP contribution is -2.57. The van der Waals surface area contributed by atoms with E-state index in [2.05, 4.69) is 16.0 Å². The molecule has 0 heterocycles. The number of amides is 2. The van der Waals surface area contributed by atoms with Gasteiger partial charge in [0.05, 0.1) is 12.1 Å². The minimum atomic E-state index is -1.51. The maximum absolute atomic E-state index is 12.7. The van der Waals surface area contributed by atoms with E-state index in [1.807, 2.05) is 0 Å². The zero-order valence-corrected chi connectivity index (χ0v) is 16.8. The number of carboxylic acids is 1. The smallest absolute Gasteiger partial charge is 0.328 e. The summed E-state index contributed by atoms with van der Waals surface area (Å²) in [5.74, 6) is -2.89. The number of guanidine groups is 1. The highest BCUT2D eigenvalue weighted by Crippen LogP contribution is 2.06. The molecule has 11 nitrogen and oxygen atoms in total. The molecule has 0 aliphatic heterocycles. The Morgan fingerprint density at radius 1 is 1.13 bits per heavy atom. The average Bonchev–Trinajstić information content (AvgIpc) is 2.68. The fourth-order valence-corrected chi connectivity index (χ4v) is 2.66. The Bertz CT molecular complexity index is 727. The van der Waals surface area contributed by atoms with Gasteiger partial charge in [-0.15, -0.1) is 0 Å². The van der Waals surface area contributed by atoms with Crippen molar-refractivity contribution in [3.8, 4) is 0 Å². The predicted octanol–water partition coefficient (Wildman–Crippen LogP) is -1.75. The topological polar surface area (TPSA) is 204 Å². The van der Waals surface area contributed by atoms with E-state index in [1.165, 1.54) is 6.92 Å². The molecule has 1 aromatic carbocycles. The van der Waals surface area contributed by atoms with Crippen molar-refractivity contribution in [2.75, 3.05) is 6.54 Å². The van der Waals surface area contributed by atoms with Crippen LogP contribution in [0.15, 0.2) is 30.3 Å². The lowest BCUT2D eigenvalue weighted by molar-refractivity contribution is -0.145. The molecule has 10 N–H and O–H groups in total. The standard InChI is InChI=1S/C19H30N6O5/c1-11(26)15(18(29)30)25-17(28)14(10-12-6-3-2-4-7-12)24-16(27)13(20)8-5-9-23-19(21)22/h2-4,6-7,11,13-15,26H,5,8-10,20H2,1H3,(H,24,27)(H,25,28)(H,29,30)(H4,21,22,23)/t11-,13+,14+,15+/m1/s1. The van der Waals surface area contributed by atoms with Crippen LogP contribution in [-0.4, -0.2) is 64.7 Å². The van der Waals surface area contributed by atoms with E-state index in [4.69, 9.17) is 16.9 Å². The van der Waals surface area contributed by atoms with E-state index in [9.17, 15) is 24.6 Å². The minimum Gasteiger partial charge on any atom is -0.480 e. The van der Waals surface area contributed by atoms with Gasteiger partial charge in [-0.3, -0.25) is 15.0 Å². The lowest BCUT2D eigenvalue weighted by atomic mass is 10.0. The van der Waals surface area contributed by atoms with Gasteiger partial charge >= 0.3 is 5.97 Å². The lowest BCUT2D eigenvalue weighted by Gasteiger charge is -2.24. The van der Waals surface area contributed by atoms with Gasteiger partial charge in [-0.05, 0) is 25.3 Å². The van der Waals surface area contributed by atoms with Gasteiger partial charge < -0.3 is 37.6 Å². The molecular weight excluding hydrogens is 392 g/mol. The van der Waals surface area contributed by atoms with Crippen LogP contribution in [0.1, 0.15) is 25.3 Å². The highest BCUT2D eigenvalue weighted by molar-refractivity contribution is 5.92. The van der Waals surface area contributed by atoms with Crippen LogP contribution < -0.4 is 27.4 Å². The van der Waals surface area contributed by atoms with Gasteiger partial charge in [0.2, 0.25) is 11.8 Å². The van der Waals surface area contributed by atoms with Crippen molar-refractivity contribution in [3.63, 3.8) is 0 Å². The number of carboxylic acid groups (broad SMARTS) is 1. The summed E-state index contributed by atoms with van der Waals surface area (Å²) in [6.07, 6.45) is -0.441. The molecule has 0 fully saturated rings. The number of benzene rings is 1. The number of aliphatic carboxylic acids is 1. The average molecular weight is 422 g/mol. The molecule has 0 aliphatic carbocycles. The van der Waals surface area contributed by atoms with Crippen molar-refractivity contribution in [2.45, 2.75) is 50.4 Å². The predicted molar refractivity (Wildman–Crippen MR) is 110 cm³/mol. The van der Waals surface area contributed by atoms with Crippen molar-refractivity contribution in [1.29, 1.82) is 5.41 Å². The van der Waals surface area contributed by atoms with Gasteiger partial charge in [-0.1, -0.05) is 30.3 Å². The van der Waals surface area contributed by atoms with Crippen LogP contribution in [0.4, 0.5) is 0 Å². The van der Waals surface area contributed by atoms with E-state index < -0.39 is 42.0 Å². The third-order valence-corrected chi connectivity index (χ3v) is 4.31. The van der Waals surface area contributed by atoms with Crippen LogP contribution >= 0.6 is 0 Å². The van der Waals surface area contributed by atoms with Gasteiger partial charge in [0.15, 0.2) is 12.0 Å². The fourth-order valence-electron chi connectivity index (χ4n) is 2.66. The third-order valence-electron chi connectivity index (χ3n) is 4.31. The summed E-state index contributed by atoms with van der Waals surface area (Å²) in [7, 11) is 0. The molecule has 0 spiro atoms. The summed E-state index contributed by atoms with van der Waals surface area (Å²) in [5, 5.41) is 33.3. The number of aliphatic hydroxyl groups excluding tert-OH is 1. The summed E-state index contributed by atoms with van der Waals surface area (Å²) in [4.78, 5) is 36.4. The van der Waals surface area contributed by atoms with Crippen LogP contribution in [-0.2, 0) is 20.8 Å². The van der Waals surface area contributed by atoms with Gasteiger partial charge in [0.25, 0.3) is 0 Å². The maximum Gasteiger partial charge on any atom is 0.328 e. The number of hydrogen-bond acceptors (Lipinski definition) is 6. The second-order valence-corrected chi connectivity index (χ2v) is 6.91. The molecule has 30 heavy (non-hydrogen) atoms. The van der Waals surface area contributed by atoms with Gasteiger partial charge in [0.1, 0.15) is 6.04 Å². The number of nitrogens with two attached hydrogens (primary N) is 2. The number of nitrogens with one attached hydrogen (secondary N) is 4. The molecule has 0 unspecified atom stereocenters. The Balaban J connectivity index is 2.82. The van der Waals surface area contributed by atoms with Crippen molar-refractivity contribution in [2.24, 2.45) is 11.5 Å². The Labute approximate surface area is 174 Å². The van der Waals surface area contributed by atoms with E-state index in [1.54, 1.807) is 30.3 Å². The molecule has 0 aliphatic rings. The molecule has 4 atom stereocenters. The van der Waals surface area contributed by atoms with E-state index >= 15 is 0 Å². The quantitative estimate of drug-likeness (QED) is 0.110. The molecular formula is C19H30N6O5. The van der Waals surface area contributed by atoms with Crippen LogP contribution in [0.5, 0.6) is 0 Å². The second kappa shape index (κ2) is 12.4. The van der Waals surface area contributed by atoms with Crippen LogP contribution in [0.25, 0.3) is 0 Å². The van der Waals surface area contributed by atoms with Crippen molar-refractivity contribution >= 4 is 23.7 Å². The first-order chi connectivity index (χ1) is 14.1. The van der Waals surface area contributed by atoms with Gasteiger partial charge in [-0.2, -0.15) is 0 Å². The SMILES string of the molecule is C[C@@H](O)[C@H](NC(=O)[C@H](Cc1ccccc1)NC(=O)[C@@H](N)CCCNC(=N)N)C(=O)O. The summed E-state index contributed by atoms with van der Waals surface area (Å²) < 4.78 is 0. The minimum absolute atomic E-state index is 0.114. The summed E-state index contributed by atoms with van der Waals surface area (Å²) in [5.41, 5.74) is 11.8. The number of aliphatic hydroxyl groups is 1. The number of carbonyl (C=O) groups excluding carboxylic acids is 2. The highest BCUT2D eigenvalue weighted by Gasteiger charge is 2.30. The summed E-state index contributed by atoms with van der Waals surface area (Å²) in [6.45, 7) is 1.62. The normalized spacial score (nSPS) is 14.6. The summed E-state index contributed by atoms with van der Waals surface area (Å²) in [6, 6.07) is 5.38. The number of rotatable bonds is 12. The van der Waals surface area contributed by atoms with E-state index in [-0.39, 0.29) is 18.8 Å². The third kappa shape index (κ3) is 8.88. The fraction of sp³-hybridized carbons (Fsp3) is 0.474. The largest absolute Gasteiger partial charge is 0.480 e. The first kappa shape index (κ1) is 24.9. The molecule has 0 radical (unpaired) electrons. The first-order valence-electron chi connectivity index (χ1n) is 9.50. The Kier molecular flexibility index (Phi) is 10.3. The molecule has 0 aromatic heterocycles. The molecule has 166 valence electrons. The Morgan fingerprint density at radius 2 is 1.77 bits per heavy atom. The number of carbonyl (C=O) groups is 3. The zero-order chi connectivity index (χ0) is 22.7. The molecule has 0 saturated carbocycles. The first-order valence-corrected chi connectivity index (χ1v) is 9.50. The van der Waals surface area contributed by atoms with Gasteiger partial charge in [-0.25, -0.2) is 4.79 Å². The molecule has 2 amide bonds. The second-order valence-electron chi connectivity index (χ2n) is 6.91. The van der Waals surface area contributed by atoms with Crippen molar-refractivity contribution in [3.05, 3.63) is 35.9 Å².